The van der Waals surface area contributed by atoms with Gasteiger partial charge in [-0.05, 0) is 50.9 Å². The van der Waals surface area contributed by atoms with Gasteiger partial charge in [0.25, 0.3) is 0 Å². The fourth-order valence-electron chi connectivity index (χ4n) is 3.71. The Morgan fingerprint density at radius 3 is 2.58 bits per heavy atom. The minimum absolute atomic E-state index is 0.0377. The summed E-state index contributed by atoms with van der Waals surface area (Å²) in [4.78, 5) is 13.8. The monoisotopic (exact) mass is 341 g/mol. The van der Waals surface area contributed by atoms with Crippen molar-refractivity contribution in [2.45, 2.75) is 71.8 Å². The lowest BCUT2D eigenvalue weighted by molar-refractivity contribution is -0.858. The second-order valence-electron chi connectivity index (χ2n) is 8.96. The van der Waals surface area contributed by atoms with Crippen LogP contribution in [-0.4, -0.2) is 45.3 Å². The first-order valence-electron chi connectivity index (χ1n) is 9.89. The van der Waals surface area contributed by atoms with E-state index in [4.69, 9.17) is 4.74 Å². The Balaban J connectivity index is 2.50. The SMILES string of the molecule is CC(C)CC[C@@H](CC(=O)NCCC[NH+](C)C)[C@H]1CCOC(C)(C)C1. The number of nitrogens with one attached hydrogen (secondary N) is 2. The Morgan fingerprint density at radius 2 is 2.00 bits per heavy atom. The summed E-state index contributed by atoms with van der Waals surface area (Å²) in [5, 5.41) is 3.13. The molecule has 0 aromatic rings. The number of amides is 1. The lowest BCUT2D eigenvalue weighted by atomic mass is 9.75. The smallest absolute Gasteiger partial charge is 0.220 e. The van der Waals surface area contributed by atoms with Crippen LogP contribution in [0.1, 0.15) is 66.2 Å². The average Bonchev–Trinajstić information content (AvgIpc) is 2.46. The minimum atomic E-state index is -0.0377. The van der Waals surface area contributed by atoms with Crippen LogP contribution in [0.4, 0.5) is 0 Å². The standard InChI is InChI=1S/C20H40N2O2/c1-16(2)8-9-17(18-10-13-24-20(3,4)15-18)14-19(23)21-11-7-12-22(5)6/h16-18H,7-15H2,1-6H3,(H,21,23)/p+1/t17-,18-/m0/s1. The molecule has 0 unspecified atom stereocenters. The quantitative estimate of drug-likeness (QED) is 0.599. The Hall–Kier alpha value is -0.610. The molecule has 0 radical (unpaired) electrons. The Kier molecular flexibility index (Phi) is 9.28. The van der Waals surface area contributed by atoms with Gasteiger partial charge >= 0.3 is 0 Å². The zero-order valence-electron chi connectivity index (χ0n) is 16.9. The van der Waals surface area contributed by atoms with Crippen LogP contribution in [0.3, 0.4) is 0 Å². The van der Waals surface area contributed by atoms with Gasteiger partial charge in [-0.1, -0.05) is 20.3 Å². The molecule has 1 aliphatic rings. The topological polar surface area (TPSA) is 42.8 Å². The molecule has 0 aliphatic carbocycles. The first-order chi connectivity index (χ1) is 11.2. The molecule has 0 aromatic carbocycles. The van der Waals surface area contributed by atoms with E-state index in [9.17, 15) is 4.79 Å². The van der Waals surface area contributed by atoms with Gasteiger partial charge in [0.2, 0.25) is 5.91 Å². The molecule has 2 N–H and O–H groups in total. The highest BCUT2D eigenvalue weighted by Gasteiger charge is 2.34. The zero-order valence-corrected chi connectivity index (χ0v) is 16.9. The lowest BCUT2D eigenvalue weighted by Gasteiger charge is -2.39. The summed E-state index contributed by atoms with van der Waals surface area (Å²) >= 11 is 0. The molecule has 1 amide bonds. The summed E-state index contributed by atoms with van der Waals surface area (Å²) in [6, 6.07) is 0. The van der Waals surface area contributed by atoms with E-state index in [0.29, 0.717) is 24.2 Å². The van der Waals surface area contributed by atoms with Crippen molar-refractivity contribution in [1.82, 2.24) is 5.32 Å². The fraction of sp³-hybridized carbons (Fsp3) is 0.950. The third-order valence-electron chi connectivity index (χ3n) is 5.14. The maximum absolute atomic E-state index is 12.4. The molecule has 4 heteroatoms. The van der Waals surface area contributed by atoms with Crippen LogP contribution in [0.15, 0.2) is 0 Å². The van der Waals surface area contributed by atoms with Gasteiger partial charge in [0.15, 0.2) is 0 Å². The summed E-state index contributed by atoms with van der Waals surface area (Å²) in [6.45, 7) is 11.7. The van der Waals surface area contributed by atoms with Crippen molar-refractivity contribution in [2.75, 3.05) is 33.8 Å². The zero-order chi connectivity index (χ0) is 18.2. The van der Waals surface area contributed by atoms with Crippen LogP contribution < -0.4 is 10.2 Å². The van der Waals surface area contributed by atoms with E-state index in [0.717, 1.165) is 45.4 Å². The van der Waals surface area contributed by atoms with Crippen LogP contribution in [0.2, 0.25) is 0 Å². The van der Waals surface area contributed by atoms with Gasteiger partial charge in [0.1, 0.15) is 0 Å². The largest absolute Gasteiger partial charge is 0.376 e. The van der Waals surface area contributed by atoms with E-state index in [1.807, 2.05) is 0 Å². The Morgan fingerprint density at radius 1 is 1.29 bits per heavy atom. The van der Waals surface area contributed by atoms with Crippen molar-refractivity contribution in [3.8, 4) is 0 Å². The predicted molar refractivity (Wildman–Crippen MR) is 100 cm³/mol. The minimum Gasteiger partial charge on any atom is -0.376 e. The van der Waals surface area contributed by atoms with Crippen LogP contribution in [0.5, 0.6) is 0 Å². The number of quaternary nitrogens is 1. The maximum Gasteiger partial charge on any atom is 0.220 e. The average molecular weight is 342 g/mol. The second kappa shape index (κ2) is 10.4. The molecule has 2 atom stereocenters. The molecule has 1 fully saturated rings. The van der Waals surface area contributed by atoms with Crippen molar-refractivity contribution in [3.05, 3.63) is 0 Å². The summed E-state index contributed by atoms with van der Waals surface area (Å²) in [7, 11) is 4.30. The van der Waals surface area contributed by atoms with Crippen molar-refractivity contribution < 1.29 is 14.4 Å². The summed E-state index contributed by atoms with van der Waals surface area (Å²) < 4.78 is 5.88. The van der Waals surface area contributed by atoms with Crippen LogP contribution >= 0.6 is 0 Å². The third-order valence-corrected chi connectivity index (χ3v) is 5.14. The third kappa shape index (κ3) is 9.03. The van der Waals surface area contributed by atoms with E-state index in [-0.39, 0.29) is 11.5 Å². The van der Waals surface area contributed by atoms with Gasteiger partial charge in [-0.3, -0.25) is 4.79 Å². The number of carbonyl (C=O) groups excluding carboxylic acids is 1. The van der Waals surface area contributed by atoms with Gasteiger partial charge in [0.05, 0.1) is 26.2 Å². The Labute approximate surface area is 149 Å². The van der Waals surface area contributed by atoms with Gasteiger partial charge in [0, 0.05) is 26.0 Å². The van der Waals surface area contributed by atoms with E-state index in [1.54, 1.807) is 0 Å². The molecule has 142 valence electrons. The van der Waals surface area contributed by atoms with E-state index < -0.39 is 0 Å². The summed E-state index contributed by atoms with van der Waals surface area (Å²) in [6.07, 6.45) is 6.28. The molecule has 1 heterocycles. The van der Waals surface area contributed by atoms with Crippen molar-refractivity contribution >= 4 is 5.91 Å². The highest BCUT2D eigenvalue weighted by molar-refractivity contribution is 5.76. The van der Waals surface area contributed by atoms with Gasteiger partial charge in [-0.25, -0.2) is 0 Å². The molecule has 1 saturated heterocycles. The van der Waals surface area contributed by atoms with E-state index in [2.05, 4.69) is 47.1 Å². The van der Waals surface area contributed by atoms with E-state index >= 15 is 0 Å². The fourth-order valence-corrected chi connectivity index (χ4v) is 3.71. The first-order valence-corrected chi connectivity index (χ1v) is 9.89. The van der Waals surface area contributed by atoms with Gasteiger partial charge in [-0.2, -0.15) is 0 Å². The van der Waals surface area contributed by atoms with E-state index in [1.165, 1.54) is 11.3 Å². The summed E-state index contributed by atoms with van der Waals surface area (Å²) in [5.41, 5.74) is -0.0377. The van der Waals surface area contributed by atoms with Crippen LogP contribution in [0.25, 0.3) is 0 Å². The van der Waals surface area contributed by atoms with Crippen molar-refractivity contribution in [1.29, 1.82) is 0 Å². The van der Waals surface area contributed by atoms with Crippen LogP contribution in [0, 0.1) is 17.8 Å². The molecular weight excluding hydrogens is 300 g/mol. The first kappa shape index (κ1) is 21.4. The van der Waals surface area contributed by atoms with Crippen LogP contribution in [-0.2, 0) is 9.53 Å². The molecule has 1 aliphatic heterocycles. The van der Waals surface area contributed by atoms with Crippen molar-refractivity contribution in [2.24, 2.45) is 17.8 Å². The molecule has 0 saturated carbocycles. The number of ether oxygens (including phenoxy) is 1. The molecule has 0 aromatic heterocycles. The van der Waals surface area contributed by atoms with Gasteiger partial charge < -0.3 is 15.0 Å². The number of hydrogen-bond donors (Lipinski definition) is 2. The molecule has 1 rings (SSSR count). The normalized spacial score (nSPS) is 21.9. The van der Waals surface area contributed by atoms with Crippen molar-refractivity contribution in [3.63, 3.8) is 0 Å². The summed E-state index contributed by atoms with van der Waals surface area (Å²) in [5.74, 6) is 2.05. The predicted octanol–water partition coefficient (Wildman–Crippen LogP) is 2.28. The van der Waals surface area contributed by atoms with Gasteiger partial charge in [-0.15, -0.1) is 0 Å². The highest BCUT2D eigenvalue weighted by Crippen LogP contribution is 2.37. The number of hydrogen-bond acceptors (Lipinski definition) is 2. The Bertz CT molecular complexity index is 367. The number of rotatable bonds is 10. The highest BCUT2D eigenvalue weighted by atomic mass is 16.5. The maximum atomic E-state index is 12.4. The lowest BCUT2D eigenvalue weighted by Crippen LogP contribution is -3.05. The molecule has 4 nitrogen and oxygen atoms in total. The molecular formula is C20H41N2O2+. The number of carbonyl (C=O) groups is 1. The molecule has 24 heavy (non-hydrogen) atoms. The molecule has 0 bridgehead atoms. The second-order valence-corrected chi connectivity index (χ2v) is 8.96. The molecule has 0 spiro atoms.